The molecule has 0 aromatic carbocycles. The first kappa shape index (κ1) is 26.1. The van der Waals surface area contributed by atoms with E-state index in [2.05, 4.69) is 23.3 Å². The third-order valence-corrected chi connectivity index (χ3v) is 5.37. The smallest absolute Gasteiger partial charge is 0.326 e. The molecule has 0 spiro atoms. The maximum absolute atomic E-state index is 13.0. The van der Waals surface area contributed by atoms with Crippen LogP contribution in [0.15, 0.2) is 0 Å². The molecule has 1 heterocycles. The number of carboxylic acids is 1. The number of likely N-dealkylation sites (tertiary alicyclic amines) is 1. The van der Waals surface area contributed by atoms with Crippen molar-refractivity contribution in [2.24, 2.45) is 11.5 Å². The van der Waals surface area contributed by atoms with Crippen LogP contribution in [0.1, 0.15) is 39.0 Å². The fraction of sp³-hybridized carbons (Fsp3) is 0.778. The number of aliphatic hydroxyl groups excluding tert-OH is 1. The van der Waals surface area contributed by atoms with E-state index in [0.717, 1.165) is 0 Å². The minimum absolute atomic E-state index is 0.0576. The number of carbonyl (C=O) groups excluding carboxylic acids is 3. The number of aliphatic carboxylic acids is 1. The highest BCUT2D eigenvalue weighted by molar-refractivity contribution is 7.80. The molecule has 5 atom stereocenters. The number of nitrogens with two attached hydrogens (primary N) is 2. The molecule has 11 nitrogen and oxygen atoms in total. The molecule has 1 aliphatic heterocycles. The van der Waals surface area contributed by atoms with Gasteiger partial charge in [-0.25, -0.2) is 4.79 Å². The summed E-state index contributed by atoms with van der Waals surface area (Å²) in [5, 5.41) is 24.2. The van der Waals surface area contributed by atoms with Crippen LogP contribution in [-0.2, 0) is 19.2 Å². The summed E-state index contributed by atoms with van der Waals surface area (Å²) in [6.07, 6.45) is 1.07. The summed E-state index contributed by atoms with van der Waals surface area (Å²) in [4.78, 5) is 50.4. The maximum Gasteiger partial charge on any atom is 0.326 e. The standard InChI is InChI=1S/C18H33N5O6S/c1-10(24)14(22-15(25)11(20)9-30)17(27)23-8-4-6-13(23)16(26)21-12(18(28)29)5-2-3-7-19/h10-14,24,30H,2-9,19-20H2,1H3,(H,21,26)(H,22,25)(H,28,29). The van der Waals surface area contributed by atoms with Gasteiger partial charge in [0, 0.05) is 12.3 Å². The molecule has 1 rings (SSSR count). The zero-order chi connectivity index (χ0) is 22.8. The number of carboxylic acid groups (broad SMARTS) is 1. The lowest BCUT2D eigenvalue weighted by atomic mass is 10.1. The van der Waals surface area contributed by atoms with Crippen LogP contribution < -0.4 is 22.1 Å². The average Bonchev–Trinajstić information content (AvgIpc) is 3.19. The fourth-order valence-corrected chi connectivity index (χ4v) is 3.40. The monoisotopic (exact) mass is 447 g/mol. The Kier molecular flexibility index (Phi) is 11.1. The van der Waals surface area contributed by atoms with Crippen molar-refractivity contribution in [1.82, 2.24) is 15.5 Å². The number of rotatable bonds is 12. The summed E-state index contributed by atoms with van der Waals surface area (Å²) >= 11 is 3.94. The van der Waals surface area contributed by atoms with Crippen molar-refractivity contribution in [3.8, 4) is 0 Å². The van der Waals surface area contributed by atoms with Crippen LogP contribution in [-0.4, -0.2) is 87.9 Å². The highest BCUT2D eigenvalue weighted by Crippen LogP contribution is 2.20. The number of nitrogens with one attached hydrogen (secondary N) is 2. The predicted molar refractivity (Wildman–Crippen MR) is 113 cm³/mol. The molecule has 0 radical (unpaired) electrons. The third-order valence-electron chi connectivity index (χ3n) is 4.98. The van der Waals surface area contributed by atoms with Crippen LogP contribution in [0, 0.1) is 0 Å². The second-order valence-corrected chi connectivity index (χ2v) is 7.75. The van der Waals surface area contributed by atoms with Gasteiger partial charge in [0.15, 0.2) is 0 Å². The highest BCUT2D eigenvalue weighted by Gasteiger charge is 2.40. The Labute approximate surface area is 181 Å². The summed E-state index contributed by atoms with van der Waals surface area (Å²) in [6, 6.07) is -4.20. The number of carbonyl (C=O) groups is 4. The molecule has 0 aromatic rings. The van der Waals surface area contributed by atoms with Gasteiger partial charge in [-0.05, 0) is 45.6 Å². The third kappa shape index (κ3) is 7.42. The van der Waals surface area contributed by atoms with Gasteiger partial charge in [-0.1, -0.05) is 0 Å². The molecule has 1 aliphatic rings. The number of unbranched alkanes of at least 4 members (excludes halogenated alkanes) is 1. The molecule has 0 bridgehead atoms. The lowest BCUT2D eigenvalue weighted by Gasteiger charge is -2.31. The molecule has 0 aliphatic carbocycles. The van der Waals surface area contributed by atoms with Gasteiger partial charge in [0.25, 0.3) is 0 Å². The summed E-state index contributed by atoms with van der Waals surface area (Å²) in [5.74, 6) is -2.95. The van der Waals surface area contributed by atoms with Gasteiger partial charge in [0.2, 0.25) is 17.7 Å². The van der Waals surface area contributed by atoms with E-state index in [1.807, 2.05) is 0 Å². The van der Waals surface area contributed by atoms with Crippen molar-refractivity contribution in [3.63, 3.8) is 0 Å². The van der Waals surface area contributed by atoms with Gasteiger partial charge in [-0.2, -0.15) is 12.6 Å². The summed E-state index contributed by atoms with van der Waals surface area (Å²) < 4.78 is 0. The van der Waals surface area contributed by atoms with E-state index in [-0.39, 0.29) is 18.7 Å². The first-order chi connectivity index (χ1) is 14.1. The molecule has 0 aromatic heterocycles. The van der Waals surface area contributed by atoms with E-state index in [9.17, 15) is 29.4 Å². The van der Waals surface area contributed by atoms with Crippen molar-refractivity contribution < 1.29 is 29.4 Å². The van der Waals surface area contributed by atoms with Crippen LogP contribution in [0.25, 0.3) is 0 Å². The second kappa shape index (κ2) is 12.7. The number of hydrogen-bond donors (Lipinski definition) is 7. The van der Waals surface area contributed by atoms with Gasteiger partial charge in [-0.3, -0.25) is 14.4 Å². The minimum Gasteiger partial charge on any atom is -0.480 e. The van der Waals surface area contributed by atoms with Crippen molar-refractivity contribution in [2.75, 3.05) is 18.8 Å². The normalized spacial score (nSPS) is 20.2. The van der Waals surface area contributed by atoms with E-state index in [4.69, 9.17) is 11.5 Å². The first-order valence-electron chi connectivity index (χ1n) is 10.0. The lowest BCUT2D eigenvalue weighted by molar-refractivity contribution is -0.146. The molecule has 12 heteroatoms. The van der Waals surface area contributed by atoms with Crippen LogP contribution in [0.5, 0.6) is 0 Å². The zero-order valence-electron chi connectivity index (χ0n) is 17.1. The predicted octanol–water partition coefficient (Wildman–Crippen LogP) is -2.20. The molecular weight excluding hydrogens is 414 g/mol. The largest absolute Gasteiger partial charge is 0.480 e. The molecule has 1 saturated heterocycles. The van der Waals surface area contributed by atoms with Crippen LogP contribution >= 0.6 is 12.6 Å². The van der Waals surface area contributed by atoms with Crippen LogP contribution in [0.2, 0.25) is 0 Å². The van der Waals surface area contributed by atoms with Gasteiger partial charge >= 0.3 is 5.97 Å². The topological polar surface area (TPSA) is 188 Å². The minimum atomic E-state index is -1.28. The highest BCUT2D eigenvalue weighted by atomic mass is 32.1. The Hall–Kier alpha value is -1.89. The molecule has 3 amide bonds. The van der Waals surface area contributed by atoms with Gasteiger partial charge in [0.1, 0.15) is 18.1 Å². The lowest BCUT2D eigenvalue weighted by Crippen LogP contribution is -2.59. The van der Waals surface area contributed by atoms with Crippen molar-refractivity contribution in [2.45, 2.75) is 69.3 Å². The maximum atomic E-state index is 13.0. The number of amides is 3. The van der Waals surface area contributed by atoms with E-state index in [0.29, 0.717) is 32.2 Å². The number of nitrogens with zero attached hydrogens (tertiary/aromatic N) is 1. The summed E-state index contributed by atoms with van der Waals surface area (Å²) in [5.41, 5.74) is 11.0. The van der Waals surface area contributed by atoms with E-state index in [1.54, 1.807) is 0 Å². The molecule has 8 N–H and O–H groups in total. The number of aliphatic hydroxyl groups is 1. The second-order valence-electron chi connectivity index (χ2n) is 7.39. The fourth-order valence-electron chi connectivity index (χ4n) is 3.23. The Morgan fingerprint density at radius 2 is 1.90 bits per heavy atom. The Morgan fingerprint density at radius 3 is 2.43 bits per heavy atom. The Balaban J connectivity index is 2.86. The van der Waals surface area contributed by atoms with E-state index in [1.165, 1.54) is 11.8 Å². The van der Waals surface area contributed by atoms with Crippen LogP contribution in [0.3, 0.4) is 0 Å². The zero-order valence-corrected chi connectivity index (χ0v) is 18.0. The van der Waals surface area contributed by atoms with Gasteiger partial charge in [-0.15, -0.1) is 0 Å². The number of thiol groups is 1. The molecule has 0 saturated carbocycles. The number of hydrogen-bond acceptors (Lipinski definition) is 8. The van der Waals surface area contributed by atoms with Crippen molar-refractivity contribution >= 4 is 36.3 Å². The van der Waals surface area contributed by atoms with Crippen molar-refractivity contribution in [3.05, 3.63) is 0 Å². The molecule has 30 heavy (non-hydrogen) atoms. The van der Waals surface area contributed by atoms with E-state index >= 15 is 0 Å². The molecule has 1 fully saturated rings. The van der Waals surface area contributed by atoms with Gasteiger partial charge in [0.05, 0.1) is 12.1 Å². The summed E-state index contributed by atoms with van der Waals surface area (Å²) in [7, 11) is 0. The average molecular weight is 448 g/mol. The molecule has 172 valence electrons. The van der Waals surface area contributed by atoms with Gasteiger partial charge < -0.3 is 37.2 Å². The first-order valence-corrected chi connectivity index (χ1v) is 10.7. The molecule has 5 unspecified atom stereocenters. The van der Waals surface area contributed by atoms with E-state index < -0.39 is 54.0 Å². The Morgan fingerprint density at radius 1 is 1.23 bits per heavy atom. The van der Waals surface area contributed by atoms with Crippen molar-refractivity contribution in [1.29, 1.82) is 0 Å². The summed E-state index contributed by atoms with van der Waals surface area (Å²) in [6.45, 7) is 2.02. The van der Waals surface area contributed by atoms with Crippen LogP contribution in [0.4, 0.5) is 0 Å². The molecular formula is C18H33N5O6S. The quantitative estimate of drug-likeness (QED) is 0.130. The SMILES string of the molecule is CC(O)C(NC(=O)C(N)CS)C(=O)N1CCCC1C(=O)NC(CCCCN)C(=O)O. The Bertz CT molecular complexity index is 620.